The van der Waals surface area contributed by atoms with E-state index in [2.05, 4.69) is 5.32 Å². The molecule has 16 heavy (non-hydrogen) atoms. The van der Waals surface area contributed by atoms with Gasteiger partial charge in [-0.3, -0.25) is 4.79 Å². The van der Waals surface area contributed by atoms with E-state index in [4.69, 9.17) is 5.11 Å². The zero-order valence-corrected chi connectivity index (χ0v) is 9.51. The molecule has 1 fully saturated rings. The highest BCUT2D eigenvalue weighted by Gasteiger charge is 2.30. The van der Waals surface area contributed by atoms with Crippen LogP contribution in [0.4, 0.5) is 4.79 Å². The third-order valence-corrected chi connectivity index (χ3v) is 2.90. The Balaban J connectivity index is 2.42. The summed E-state index contributed by atoms with van der Waals surface area (Å²) in [6, 6.07) is -1.27. The molecule has 0 spiro atoms. The first-order valence-electron chi connectivity index (χ1n) is 5.38. The summed E-state index contributed by atoms with van der Waals surface area (Å²) in [5.41, 5.74) is 0. The molecule has 2 unspecified atom stereocenters. The predicted octanol–water partition coefficient (Wildman–Crippen LogP) is -0.128. The highest BCUT2D eigenvalue weighted by Crippen LogP contribution is 2.19. The lowest BCUT2D eigenvalue weighted by Crippen LogP contribution is -2.46. The number of hydrogen-bond donors (Lipinski definition) is 3. The summed E-state index contributed by atoms with van der Waals surface area (Å²) in [5.74, 6) is -0.967. The highest BCUT2D eigenvalue weighted by atomic mass is 16.4. The van der Waals surface area contributed by atoms with Crippen LogP contribution in [0, 0.1) is 5.92 Å². The maximum atomic E-state index is 11.6. The van der Waals surface area contributed by atoms with Crippen molar-refractivity contribution in [1.82, 2.24) is 10.2 Å². The summed E-state index contributed by atoms with van der Waals surface area (Å²) in [6.45, 7) is 4.16. The smallest absolute Gasteiger partial charge is 0.325 e. The number of carbonyl (C=O) groups excluding carboxylic acids is 1. The minimum absolute atomic E-state index is 0.0888. The van der Waals surface area contributed by atoms with Crippen molar-refractivity contribution in [2.45, 2.75) is 32.4 Å². The SMILES string of the molecule is CC(O)C1CCN(C(=O)N[C@H](C)C(=O)O)C1. The minimum atomic E-state index is -1.06. The van der Waals surface area contributed by atoms with E-state index in [1.165, 1.54) is 11.8 Å². The summed E-state index contributed by atoms with van der Waals surface area (Å²) < 4.78 is 0. The molecule has 1 aliphatic rings. The van der Waals surface area contributed by atoms with Crippen LogP contribution in [-0.4, -0.2) is 52.3 Å². The number of likely N-dealkylation sites (tertiary alicyclic amines) is 1. The number of amides is 2. The number of nitrogens with zero attached hydrogens (tertiary/aromatic N) is 1. The molecular weight excluding hydrogens is 212 g/mol. The molecule has 3 N–H and O–H groups in total. The van der Waals surface area contributed by atoms with E-state index in [9.17, 15) is 14.7 Å². The average Bonchev–Trinajstić information content (AvgIpc) is 2.65. The van der Waals surface area contributed by atoms with Gasteiger partial charge in [0.05, 0.1) is 6.10 Å². The number of carbonyl (C=O) groups is 2. The van der Waals surface area contributed by atoms with Crippen LogP contribution in [-0.2, 0) is 4.79 Å². The monoisotopic (exact) mass is 230 g/mol. The number of urea groups is 1. The van der Waals surface area contributed by atoms with Crippen molar-refractivity contribution in [2.24, 2.45) is 5.92 Å². The predicted molar refractivity (Wildman–Crippen MR) is 57.0 cm³/mol. The number of aliphatic hydroxyl groups excluding tert-OH is 1. The molecule has 3 atom stereocenters. The average molecular weight is 230 g/mol. The number of nitrogens with one attached hydrogen (secondary N) is 1. The summed E-state index contributed by atoms with van der Waals surface area (Å²) in [4.78, 5) is 23.7. The molecule has 0 aliphatic carbocycles. The number of rotatable bonds is 3. The fourth-order valence-corrected chi connectivity index (χ4v) is 1.70. The molecule has 1 heterocycles. The Bertz CT molecular complexity index is 280. The Hall–Kier alpha value is -1.30. The summed E-state index contributed by atoms with van der Waals surface area (Å²) in [5, 5.41) is 20.4. The minimum Gasteiger partial charge on any atom is -0.480 e. The second kappa shape index (κ2) is 5.16. The number of aliphatic hydroxyl groups is 1. The van der Waals surface area contributed by atoms with Crippen molar-refractivity contribution in [2.75, 3.05) is 13.1 Å². The van der Waals surface area contributed by atoms with Gasteiger partial charge in [-0.15, -0.1) is 0 Å². The van der Waals surface area contributed by atoms with Gasteiger partial charge < -0.3 is 20.4 Å². The van der Waals surface area contributed by atoms with E-state index in [0.717, 1.165) is 6.42 Å². The van der Waals surface area contributed by atoms with Gasteiger partial charge in [-0.1, -0.05) is 0 Å². The quantitative estimate of drug-likeness (QED) is 0.630. The topological polar surface area (TPSA) is 89.9 Å². The van der Waals surface area contributed by atoms with Crippen LogP contribution in [0.1, 0.15) is 20.3 Å². The van der Waals surface area contributed by atoms with Gasteiger partial charge in [0.1, 0.15) is 6.04 Å². The summed E-state index contributed by atoms with van der Waals surface area (Å²) in [6.07, 6.45) is 0.321. The number of carboxylic acids is 1. The lowest BCUT2D eigenvalue weighted by atomic mass is 10.0. The molecule has 1 saturated heterocycles. The molecule has 2 amide bonds. The van der Waals surface area contributed by atoms with Crippen LogP contribution in [0.3, 0.4) is 0 Å². The zero-order chi connectivity index (χ0) is 12.3. The molecule has 1 rings (SSSR count). The van der Waals surface area contributed by atoms with E-state index >= 15 is 0 Å². The molecule has 1 aliphatic heterocycles. The fraction of sp³-hybridized carbons (Fsp3) is 0.800. The van der Waals surface area contributed by atoms with Crippen molar-refractivity contribution in [3.05, 3.63) is 0 Å². The molecule has 6 heteroatoms. The zero-order valence-electron chi connectivity index (χ0n) is 9.51. The maximum absolute atomic E-state index is 11.6. The van der Waals surface area contributed by atoms with Crippen molar-refractivity contribution in [1.29, 1.82) is 0 Å². The lowest BCUT2D eigenvalue weighted by molar-refractivity contribution is -0.138. The van der Waals surface area contributed by atoms with Crippen LogP contribution in [0.2, 0.25) is 0 Å². The normalized spacial score (nSPS) is 23.9. The third kappa shape index (κ3) is 3.10. The van der Waals surface area contributed by atoms with Gasteiger partial charge in [-0.25, -0.2) is 4.79 Å². The van der Waals surface area contributed by atoms with Crippen molar-refractivity contribution >= 4 is 12.0 Å². The maximum Gasteiger partial charge on any atom is 0.325 e. The van der Waals surface area contributed by atoms with Crippen LogP contribution < -0.4 is 5.32 Å². The third-order valence-electron chi connectivity index (χ3n) is 2.90. The van der Waals surface area contributed by atoms with Crippen molar-refractivity contribution < 1.29 is 19.8 Å². The number of aliphatic carboxylic acids is 1. The first-order valence-corrected chi connectivity index (χ1v) is 5.38. The Morgan fingerprint density at radius 3 is 2.50 bits per heavy atom. The van der Waals surface area contributed by atoms with Gasteiger partial charge in [-0.2, -0.15) is 0 Å². The fourth-order valence-electron chi connectivity index (χ4n) is 1.70. The van der Waals surface area contributed by atoms with Gasteiger partial charge in [0.15, 0.2) is 0 Å². The van der Waals surface area contributed by atoms with E-state index in [0.29, 0.717) is 13.1 Å². The molecule has 0 aromatic carbocycles. The Morgan fingerprint density at radius 1 is 1.44 bits per heavy atom. The van der Waals surface area contributed by atoms with Crippen LogP contribution in [0.25, 0.3) is 0 Å². The molecule has 0 bridgehead atoms. The molecule has 0 aromatic heterocycles. The van der Waals surface area contributed by atoms with E-state index < -0.39 is 18.1 Å². The number of carboxylic acid groups (broad SMARTS) is 1. The second-order valence-corrected chi connectivity index (χ2v) is 4.24. The Kier molecular flexibility index (Phi) is 4.12. The lowest BCUT2D eigenvalue weighted by Gasteiger charge is -2.19. The molecule has 0 saturated carbocycles. The highest BCUT2D eigenvalue weighted by molar-refractivity contribution is 5.82. The first kappa shape index (κ1) is 12.8. The molecule has 0 radical (unpaired) electrons. The van der Waals surface area contributed by atoms with E-state index in [-0.39, 0.29) is 11.9 Å². The van der Waals surface area contributed by atoms with Gasteiger partial charge in [-0.05, 0) is 20.3 Å². The van der Waals surface area contributed by atoms with Gasteiger partial charge in [0.2, 0.25) is 0 Å². The Labute approximate surface area is 94.2 Å². The standard InChI is InChI=1S/C10H18N2O4/c1-6(9(14)15)11-10(16)12-4-3-8(5-12)7(2)13/h6-8,13H,3-5H2,1-2H3,(H,11,16)(H,14,15)/t6-,7?,8?/m1/s1. The Morgan fingerprint density at radius 2 is 2.06 bits per heavy atom. The summed E-state index contributed by atoms with van der Waals surface area (Å²) >= 11 is 0. The van der Waals surface area contributed by atoms with Crippen molar-refractivity contribution in [3.8, 4) is 0 Å². The number of hydrogen-bond acceptors (Lipinski definition) is 3. The van der Waals surface area contributed by atoms with Gasteiger partial charge in [0, 0.05) is 19.0 Å². The largest absolute Gasteiger partial charge is 0.480 e. The van der Waals surface area contributed by atoms with Gasteiger partial charge in [0.25, 0.3) is 0 Å². The molecule has 92 valence electrons. The van der Waals surface area contributed by atoms with Crippen molar-refractivity contribution in [3.63, 3.8) is 0 Å². The van der Waals surface area contributed by atoms with Crippen LogP contribution >= 0.6 is 0 Å². The second-order valence-electron chi connectivity index (χ2n) is 4.24. The molecule has 6 nitrogen and oxygen atoms in total. The van der Waals surface area contributed by atoms with Gasteiger partial charge >= 0.3 is 12.0 Å². The summed E-state index contributed by atoms with van der Waals surface area (Å²) in [7, 11) is 0. The first-order chi connectivity index (χ1) is 7.41. The van der Waals surface area contributed by atoms with Crippen LogP contribution in [0.5, 0.6) is 0 Å². The van der Waals surface area contributed by atoms with E-state index in [1.54, 1.807) is 6.92 Å². The molecule has 0 aromatic rings. The molecular formula is C10H18N2O4. The van der Waals surface area contributed by atoms with E-state index in [1.807, 2.05) is 0 Å². The van der Waals surface area contributed by atoms with Crippen LogP contribution in [0.15, 0.2) is 0 Å².